The fourth-order valence-corrected chi connectivity index (χ4v) is 3.49. The summed E-state index contributed by atoms with van der Waals surface area (Å²) in [4.78, 5) is 15.2. The first-order chi connectivity index (χ1) is 11.0. The van der Waals surface area contributed by atoms with E-state index in [1.54, 1.807) is 11.7 Å². The lowest BCUT2D eigenvalue weighted by molar-refractivity contribution is 0.103. The van der Waals surface area contributed by atoms with Crippen molar-refractivity contribution in [2.75, 3.05) is 24.3 Å². The Bertz CT molecular complexity index is 865. The van der Waals surface area contributed by atoms with E-state index < -0.39 is 0 Å². The Hall–Kier alpha value is -2.38. The van der Waals surface area contributed by atoms with Crippen LogP contribution in [0.4, 0.5) is 11.5 Å². The second-order valence-corrected chi connectivity index (χ2v) is 6.61. The fourth-order valence-electron chi connectivity index (χ4n) is 2.51. The van der Waals surface area contributed by atoms with Crippen molar-refractivity contribution in [1.82, 2.24) is 9.78 Å². The Morgan fingerprint density at radius 1 is 1.43 bits per heavy atom. The van der Waals surface area contributed by atoms with Crippen molar-refractivity contribution in [2.45, 2.75) is 6.54 Å². The molecule has 3 N–H and O–H groups in total. The molecule has 2 heterocycles. The van der Waals surface area contributed by atoms with Crippen LogP contribution in [0.1, 0.15) is 15.2 Å². The molecule has 0 aliphatic rings. The van der Waals surface area contributed by atoms with E-state index in [-0.39, 0.29) is 5.91 Å². The number of fused-ring (bicyclic) bond motifs is 1. The van der Waals surface area contributed by atoms with E-state index in [1.165, 1.54) is 11.3 Å². The van der Waals surface area contributed by atoms with E-state index >= 15 is 0 Å². The quantitative estimate of drug-likeness (QED) is 0.771. The van der Waals surface area contributed by atoms with Crippen LogP contribution in [-0.2, 0) is 13.6 Å². The van der Waals surface area contributed by atoms with E-state index in [0.717, 1.165) is 21.3 Å². The van der Waals surface area contributed by atoms with Crippen molar-refractivity contribution in [3.63, 3.8) is 0 Å². The van der Waals surface area contributed by atoms with E-state index in [0.29, 0.717) is 17.2 Å². The highest BCUT2D eigenvalue weighted by Gasteiger charge is 2.16. The van der Waals surface area contributed by atoms with Gasteiger partial charge in [-0.2, -0.15) is 5.10 Å². The topological polar surface area (TPSA) is 76.2 Å². The van der Waals surface area contributed by atoms with Gasteiger partial charge < -0.3 is 16.0 Å². The summed E-state index contributed by atoms with van der Waals surface area (Å²) in [5, 5.41) is 8.18. The molecule has 120 valence electrons. The molecule has 1 amide bonds. The Morgan fingerprint density at radius 3 is 2.91 bits per heavy atom. The van der Waals surface area contributed by atoms with Crippen molar-refractivity contribution in [3.05, 3.63) is 40.9 Å². The number of carbonyl (C=O) groups is 1. The molecule has 1 aromatic carbocycles. The molecule has 3 aromatic rings. The summed E-state index contributed by atoms with van der Waals surface area (Å²) in [6.45, 7) is 0.334. The zero-order valence-corrected chi connectivity index (χ0v) is 14.1. The van der Waals surface area contributed by atoms with E-state index in [9.17, 15) is 4.79 Å². The van der Waals surface area contributed by atoms with Gasteiger partial charge in [-0.05, 0) is 18.2 Å². The molecule has 0 saturated carbocycles. The first-order valence-corrected chi connectivity index (χ1v) is 8.05. The number of hydrogen-bond donors (Lipinski definition) is 2. The van der Waals surface area contributed by atoms with Crippen LogP contribution in [0, 0.1) is 0 Å². The number of nitrogens with two attached hydrogens (primary N) is 1. The maximum Gasteiger partial charge on any atom is 0.266 e. The molecule has 0 radical (unpaired) electrons. The normalized spacial score (nSPS) is 11.0. The third kappa shape index (κ3) is 2.93. The Balaban J connectivity index is 1.93. The first-order valence-electron chi connectivity index (χ1n) is 7.23. The second-order valence-electron chi connectivity index (χ2n) is 5.53. The Morgan fingerprint density at radius 2 is 2.22 bits per heavy atom. The van der Waals surface area contributed by atoms with Gasteiger partial charge in [0, 0.05) is 55.2 Å². The highest BCUT2D eigenvalue weighted by atomic mass is 32.1. The number of aryl methyl sites for hydroxylation is 1. The number of rotatable bonds is 4. The van der Waals surface area contributed by atoms with Crippen LogP contribution in [-0.4, -0.2) is 29.8 Å². The minimum atomic E-state index is -0.163. The number of nitrogens with one attached hydrogen (secondary N) is 1. The monoisotopic (exact) mass is 329 g/mol. The molecule has 6 nitrogen and oxygen atoms in total. The van der Waals surface area contributed by atoms with Crippen LogP contribution < -0.4 is 16.0 Å². The van der Waals surface area contributed by atoms with Gasteiger partial charge in [-0.25, -0.2) is 0 Å². The van der Waals surface area contributed by atoms with Crippen molar-refractivity contribution in [2.24, 2.45) is 12.8 Å². The van der Waals surface area contributed by atoms with Crippen molar-refractivity contribution >= 4 is 38.8 Å². The average Bonchev–Trinajstić information content (AvgIpc) is 3.09. The van der Waals surface area contributed by atoms with Crippen molar-refractivity contribution in [1.29, 1.82) is 0 Å². The van der Waals surface area contributed by atoms with E-state index in [2.05, 4.69) is 10.4 Å². The molecule has 0 bridgehead atoms. The summed E-state index contributed by atoms with van der Waals surface area (Å²) in [6.07, 6.45) is 1.81. The lowest BCUT2D eigenvalue weighted by Crippen LogP contribution is -2.13. The summed E-state index contributed by atoms with van der Waals surface area (Å²) >= 11 is 1.47. The molecule has 0 spiro atoms. The van der Waals surface area contributed by atoms with Gasteiger partial charge in [0.2, 0.25) is 0 Å². The highest BCUT2D eigenvalue weighted by Crippen LogP contribution is 2.33. The number of carbonyl (C=O) groups excluding carboxylic acids is 1. The third-order valence-corrected chi connectivity index (χ3v) is 4.70. The molecule has 0 saturated heterocycles. The highest BCUT2D eigenvalue weighted by molar-refractivity contribution is 7.21. The Kier molecular flexibility index (Phi) is 4.06. The second kappa shape index (κ2) is 6.02. The summed E-state index contributed by atoms with van der Waals surface area (Å²) in [6, 6.07) is 7.99. The summed E-state index contributed by atoms with van der Waals surface area (Å²) < 4.78 is 2.73. The molecule has 7 heteroatoms. The van der Waals surface area contributed by atoms with Crippen molar-refractivity contribution < 1.29 is 4.79 Å². The average molecular weight is 329 g/mol. The molecule has 23 heavy (non-hydrogen) atoms. The lowest BCUT2D eigenvalue weighted by Gasteiger charge is -2.13. The summed E-state index contributed by atoms with van der Waals surface area (Å²) in [7, 11) is 5.79. The number of benzene rings is 1. The predicted octanol–water partition coefficient (Wildman–Crippen LogP) is 2.41. The molecule has 0 unspecified atom stereocenters. The molecule has 3 rings (SSSR count). The van der Waals surface area contributed by atoms with Gasteiger partial charge in [0.15, 0.2) is 5.82 Å². The molecule has 0 fully saturated rings. The van der Waals surface area contributed by atoms with Crippen LogP contribution in [0.2, 0.25) is 0 Å². The number of nitrogens with zero attached hydrogens (tertiary/aromatic N) is 3. The zero-order chi connectivity index (χ0) is 16.6. The largest absolute Gasteiger partial charge is 0.377 e. The molecule has 0 aliphatic heterocycles. The summed E-state index contributed by atoms with van der Waals surface area (Å²) in [5.74, 6) is 0.356. The van der Waals surface area contributed by atoms with Crippen LogP contribution in [0.25, 0.3) is 10.1 Å². The van der Waals surface area contributed by atoms with Crippen LogP contribution >= 0.6 is 11.3 Å². The van der Waals surface area contributed by atoms with Gasteiger partial charge in [-0.1, -0.05) is 6.07 Å². The smallest absolute Gasteiger partial charge is 0.266 e. The molecular weight excluding hydrogens is 310 g/mol. The standard InChI is InChI=1S/C16H19N5OS/c1-20(2)12-5-4-6-13-11(12)7-14(23-13)16(22)18-15-10(8-17)9-21(3)19-15/h4-7,9H,8,17H2,1-3H3,(H,18,19,22). The SMILES string of the molecule is CN(C)c1cccc2sc(C(=O)Nc3nn(C)cc3CN)cc12. The van der Waals surface area contributed by atoms with E-state index in [1.807, 2.05) is 49.5 Å². The lowest BCUT2D eigenvalue weighted by atomic mass is 10.2. The van der Waals surface area contributed by atoms with Gasteiger partial charge in [0.25, 0.3) is 5.91 Å². The number of anilines is 2. The van der Waals surface area contributed by atoms with Crippen LogP contribution in [0.15, 0.2) is 30.5 Å². The molecule has 2 aromatic heterocycles. The third-order valence-electron chi connectivity index (χ3n) is 3.60. The van der Waals surface area contributed by atoms with Gasteiger partial charge in [0.1, 0.15) is 0 Å². The van der Waals surface area contributed by atoms with E-state index in [4.69, 9.17) is 5.73 Å². The molecule has 0 aliphatic carbocycles. The number of hydrogen-bond acceptors (Lipinski definition) is 5. The van der Waals surface area contributed by atoms with Crippen molar-refractivity contribution in [3.8, 4) is 0 Å². The maximum absolute atomic E-state index is 12.5. The number of amides is 1. The van der Waals surface area contributed by atoms with Gasteiger partial charge in [-0.3, -0.25) is 9.48 Å². The summed E-state index contributed by atoms with van der Waals surface area (Å²) in [5.41, 5.74) is 7.60. The van der Waals surface area contributed by atoms with Gasteiger partial charge in [0.05, 0.1) is 4.88 Å². The minimum absolute atomic E-state index is 0.163. The molecular formula is C16H19N5OS. The van der Waals surface area contributed by atoms with Crippen LogP contribution in [0.5, 0.6) is 0 Å². The maximum atomic E-state index is 12.5. The van der Waals surface area contributed by atoms with Gasteiger partial charge >= 0.3 is 0 Å². The minimum Gasteiger partial charge on any atom is -0.377 e. The number of thiophene rings is 1. The fraction of sp³-hybridized carbons (Fsp3) is 0.250. The zero-order valence-electron chi connectivity index (χ0n) is 13.3. The first kappa shape index (κ1) is 15.5. The van der Waals surface area contributed by atoms with Gasteiger partial charge in [-0.15, -0.1) is 11.3 Å². The molecule has 0 atom stereocenters. The predicted molar refractivity (Wildman–Crippen MR) is 95.2 cm³/mol. The van der Waals surface area contributed by atoms with Crippen LogP contribution in [0.3, 0.4) is 0 Å². The Labute approximate surface area is 138 Å². The number of aromatic nitrogens is 2.